The van der Waals surface area contributed by atoms with Crippen molar-refractivity contribution in [2.24, 2.45) is 0 Å². The fraction of sp³-hybridized carbons (Fsp3) is 0.0800. The van der Waals surface area contributed by atoms with Crippen molar-refractivity contribution in [3.63, 3.8) is 0 Å². The van der Waals surface area contributed by atoms with Gasteiger partial charge in [-0.25, -0.2) is 14.1 Å². The highest BCUT2D eigenvalue weighted by atomic mass is 79.9. The number of urea groups is 1. The van der Waals surface area contributed by atoms with Crippen LogP contribution in [0, 0.1) is 5.82 Å². The first kappa shape index (κ1) is 23.2. The lowest BCUT2D eigenvalue weighted by Gasteiger charge is -2.12. The third-order valence-corrected chi connectivity index (χ3v) is 5.47. The highest BCUT2D eigenvalue weighted by Crippen LogP contribution is 2.24. The molecule has 172 valence electrons. The molecule has 0 saturated carbocycles. The standard InChI is InChI=1S/C25H19BrFN3O4/c26-18-11-9-16(10-12-18)15-34-22-8-4-1-5-17(22)13-21-24(32)30(25(33)29-21)14-23(31)28-20-7-3-2-6-19(20)27/h1-13H,14-15H2,(H,28,31)(H,29,33)/b21-13+. The fourth-order valence-electron chi connectivity index (χ4n) is 3.24. The molecule has 4 rings (SSSR count). The number of anilines is 1. The molecule has 0 aromatic heterocycles. The van der Waals surface area contributed by atoms with E-state index in [0.29, 0.717) is 17.9 Å². The van der Waals surface area contributed by atoms with Crippen molar-refractivity contribution in [3.8, 4) is 5.75 Å². The summed E-state index contributed by atoms with van der Waals surface area (Å²) in [6.07, 6.45) is 1.49. The maximum atomic E-state index is 13.8. The predicted molar refractivity (Wildman–Crippen MR) is 128 cm³/mol. The van der Waals surface area contributed by atoms with Crippen LogP contribution in [-0.4, -0.2) is 29.3 Å². The lowest BCUT2D eigenvalue weighted by molar-refractivity contribution is -0.127. The van der Waals surface area contributed by atoms with Crippen LogP contribution in [0.5, 0.6) is 5.75 Å². The highest BCUT2D eigenvalue weighted by Gasteiger charge is 2.35. The second-order valence-electron chi connectivity index (χ2n) is 7.36. The number of hydrogen-bond acceptors (Lipinski definition) is 4. The van der Waals surface area contributed by atoms with Crippen LogP contribution in [0.1, 0.15) is 11.1 Å². The van der Waals surface area contributed by atoms with Gasteiger partial charge in [-0.2, -0.15) is 0 Å². The SMILES string of the molecule is O=C(CN1C(=O)N/C(=C/c2ccccc2OCc2ccc(Br)cc2)C1=O)Nc1ccccc1F. The number of halogens is 2. The van der Waals surface area contributed by atoms with Gasteiger partial charge in [-0.3, -0.25) is 9.59 Å². The minimum atomic E-state index is -0.742. The quantitative estimate of drug-likeness (QED) is 0.347. The maximum absolute atomic E-state index is 13.8. The number of imide groups is 1. The van der Waals surface area contributed by atoms with Crippen LogP contribution in [0.25, 0.3) is 6.08 Å². The van der Waals surface area contributed by atoms with Crippen LogP contribution in [0.15, 0.2) is 83.0 Å². The van der Waals surface area contributed by atoms with E-state index in [-0.39, 0.29) is 11.4 Å². The molecular weight excluding hydrogens is 505 g/mol. The zero-order valence-corrected chi connectivity index (χ0v) is 19.3. The summed E-state index contributed by atoms with van der Waals surface area (Å²) in [7, 11) is 0. The number of carbonyl (C=O) groups is 3. The first-order valence-electron chi connectivity index (χ1n) is 10.3. The second kappa shape index (κ2) is 10.3. The van der Waals surface area contributed by atoms with Gasteiger partial charge in [-0.1, -0.05) is 58.4 Å². The van der Waals surface area contributed by atoms with Gasteiger partial charge >= 0.3 is 6.03 Å². The minimum Gasteiger partial charge on any atom is -0.488 e. The first-order valence-corrected chi connectivity index (χ1v) is 11.1. The van der Waals surface area contributed by atoms with Gasteiger partial charge in [0.15, 0.2) is 0 Å². The summed E-state index contributed by atoms with van der Waals surface area (Å²) in [5.74, 6) is -1.46. The number of ether oxygens (including phenoxy) is 1. The van der Waals surface area contributed by atoms with E-state index in [2.05, 4.69) is 26.6 Å². The van der Waals surface area contributed by atoms with E-state index in [1.165, 1.54) is 24.3 Å². The van der Waals surface area contributed by atoms with Crippen molar-refractivity contribution >= 4 is 45.5 Å². The van der Waals surface area contributed by atoms with Crippen LogP contribution >= 0.6 is 15.9 Å². The molecule has 3 aromatic rings. The fourth-order valence-corrected chi connectivity index (χ4v) is 3.50. The summed E-state index contributed by atoms with van der Waals surface area (Å²) in [6.45, 7) is -0.242. The summed E-state index contributed by atoms with van der Waals surface area (Å²) in [5.41, 5.74) is 1.51. The average Bonchev–Trinajstić information content (AvgIpc) is 3.08. The molecule has 2 N–H and O–H groups in total. The number of rotatable bonds is 7. The van der Waals surface area contributed by atoms with Crippen molar-refractivity contribution in [2.75, 3.05) is 11.9 Å². The average molecular weight is 524 g/mol. The van der Waals surface area contributed by atoms with E-state index < -0.39 is 30.2 Å². The van der Waals surface area contributed by atoms with Crippen molar-refractivity contribution in [2.45, 2.75) is 6.61 Å². The number of benzene rings is 3. The molecule has 1 fully saturated rings. The number of nitrogens with zero attached hydrogens (tertiary/aromatic N) is 1. The Kier molecular flexibility index (Phi) is 7.03. The molecule has 1 aliphatic rings. The third-order valence-electron chi connectivity index (χ3n) is 4.94. The molecule has 1 aliphatic heterocycles. The molecule has 0 spiro atoms. The van der Waals surface area contributed by atoms with Gasteiger partial charge in [0.2, 0.25) is 5.91 Å². The Labute approximate surface area is 203 Å². The van der Waals surface area contributed by atoms with Crippen molar-refractivity contribution < 1.29 is 23.5 Å². The molecule has 34 heavy (non-hydrogen) atoms. The van der Waals surface area contributed by atoms with Gasteiger partial charge < -0.3 is 15.4 Å². The van der Waals surface area contributed by atoms with Crippen molar-refractivity contribution in [3.05, 3.63) is 99.9 Å². The van der Waals surface area contributed by atoms with E-state index in [4.69, 9.17) is 4.74 Å². The monoisotopic (exact) mass is 523 g/mol. The molecular formula is C25H19BrFN3O4. The number of carbonyl (C=O) groups excluding carboxylic acids is 3. The van der Waals surface area contributed by atoms with Gasteiger partial charge in [0.05, 0.1) is 5.69 Å². The highest BCUT2D eigenvalue weighted by molar-refractivity contribution is 9.10. The van der Waals surface area contributed by atoms with E-state index in [0.717, 1.165) is 14.9 Å². The number of hydrogen-bond donors (Lipinski definition) is 2. The first-order chi connectivity index (χ1) is 16.4. The molecule has 1 heterocycles. The number of nitrogens with one attached hydrogen (secondary N) is 2. The minimum absolute atomic E-state index is 0.00313. The lowest BCUT2D eigenvalue weighted by Crippen LogP contribution is -2.38. The van der Waals surface area contributed by atoms with Crippen LogP contribution in [0.4, 0.5) is 14.9 Å². The molecule has 0 radical (unpaired) electrons. The summed E-state index contributed by atoms with van der Waals surface area (Å²) >= 11 is 3.39. The number of amides is 4. The molecule has 0 unspecified atom stereocenters. The second-order valence-corrected chi connectivity index (χ2v) is 8.28. The van der Waals surface area contributed by atoms with Gasteiger partial charge in [0, 0.05) is 10.0 Å². The van der Waals surface area contributed by atoms with Gasteiger partial charge in [-0.15, -0.1) is 0 Å². The lowest BCUT2D eigenvalue weighted by atomic mass is 10.1. The Morgan fingerprint density at radius 1 is 1.03 bits per heavy atom. The Morgan fingerprint density at radius 2 is 1.74 bits per heavy atom. The topological polar surface area (TPSA) is 87.7 Å². The maximum Gasteiger partial charge on any atom is 0.329 e. The smallest absolute Gasteiger partial charge is 0.329 e. The largest absolute Gasteiger partial charge is 0.488 e. The summed E-state index contributed by atoms with van der Waals surface area (Å²) in [4.78, 5) is 38.1. The molecule has 1 saturated heterocycles. The summed E-state index contributed by atoms with van der Waals surface area (Å²) < 4.78 is 20.6. The van der Waals surface area contributed by atoms with Gasteiger partial charge in [-0.05, 0) is 42.0 Å². The van der Waals surface area contributed by atoms with Crippen LogP contribution in [0.2, 0.25) is 0 Å². The molecule has 0 aliphatic carbocycles. The zero-order valence-electron chi connectivity index (χ0n) is 17.8. The van der Waals surface area contributed by atoms with E-state index in [9.17, 15) is 18.8 Å². The molecule has 7 nitrogen and oxygen atoms in total. The molecule has 0 atom stereocenters. The van der Waals surface area contributed by atoms with E-state index in [1.807, 2.05) is 24.3 Å². The normalized spacial score (nSPS) is 14.3. The molecule has 9 heteroatoms. The Bertz CT molecular complexity index is 1280. The predicted octanol–water partition coefficient (Wildman–Crippen LogP) is 4.70. The van der Waals surface area contributed by atoms with Gasteiger partial charge in [0.25, 0.3) is 5.91 Å². The van der Waals surface area contributed by atoms with Crippen molar-refractivity contribution in [1.82, 2.24) is 10.2 Å². The third kappa shape index (κ3) is 5.49. The van der Waals surface area contributed by atoms with E-state index in [1.54, 1.807) is 30.3 Å². The Balaban J connectivity index is 1.45. The molecule has 0 bridgehead atoms. The zero-order chi connectivity index (χ0) is 24.1. The summed E-state index contributed by atoms with van der Waals surface area (Å²) in [5, 5.41) is 4.83. The van der Waals surface area contributed by atoms with Gasteiger partial charge in [0.1, 0.15) is 30.4 Å². The Morgan fingerprint density at radius 3 is 2.50 bits per heavy atom. The van der Waals surface area contributed by atoms with Crippen LogP contribution in [-0.2, 0) is 16.2 Å². The van der Waals surface area contributed by atoms with E-state index >= 15 is 0 Å². The molecule has 4 amide bonds. The number of para-hydroxylation sites is 2. The van der Waals surface area contributed by atoms with Crippen LogP contribution < -0.4 is 15.4 Å². The molecule has 3 aromatic carbocycles. The summed E-state index contributed by atoms with van der Waals surface area (Å²) in [6, 6.07) is 19.6. The van der Waals surface area contributed by atoms with Crippen molar-refractivity contribution in [1.29, 1.82) is 0 Å². The van der Waals surface area contributed by atoms with Crippen LogP contribution in [0.3, 0.4) is 0 Å². The Hall–Kier alpha value is -3.98.